The van der Waals surface area contributed by atoms with Gasteiger partial charge in [-0.2, -0.15) is 9.41 Å². The molecule has 0 unspecified atom stereocenters. The Morgan fingerprint density at radius 3 is 2.60 bits per heavy atom. The molecule has 7 nitrogen and oxygen atoms in total. The van der Waals surface area contributed by atoms with Crippen LogP contribution in [0.5, 0.6) is 5.75 Å². The number of ether oxygens (including phenoxy) is 1. The van der Waals surface area contributed by atoms with Crippen molar-refractivity contribution in [1.82, 2.24) is 9.73 Å². The van der Waals surface area contributed by atoms with Gasteiger partial charge in [0.2, 0.25) is 10.0 Å². The van der Waals surface area contributed by atoms with Crippen molar-refractivity contribution in [2.75, 3.05) is 6.54 Å². The van der Waals surface area contributed by atoms with Gasteiger partial charge in [0.15, 0.2) is 0 Å². The highest BCUT2D eigenvalue weighted by Gasteiger charge is 2.39. The number of benzene rings is 3. The van der Waals surface area contributed by atoms with Gasteiger partial charge in [-0.1, -0.05) is 41.4 Å². The zero-order valence-electron chi connectivity index (χ0n) is 19.2. The largest absolute Gasteiger partial charge is 0.489 e. The second-order valence-electron chi connectivity index (χ2n) is 8.31. The zero-order chi connectivity index (χ0) is 24.8. The third-order valence-corrected chi connectivity index (χ3v) is 7.86. The molecule has 1 saturated heterocycles. The molecular formula is C26H26ClN3O4S. The average molecular weight is 512 g/mol. The fourth-order valence-electron chi connectivity index (χ4n) is 3.90. The minimum atomic E-state index is -3.81. The van der Waals surface area contributed by atoms with Crippen molar-refractivity contribution in [2.24, 2.45) is 5.10 Å². The van der Waals surface area contributed by atoms with E-state index in [2.05, 4.69) is 16.6 Å². The van der Waals surface area contributed by atoms with Crippen LogP contribution in [0.4, 0.5) is 0 Å². The number of aryl methyl sites for hydroxylation is 1. The quantitative estimate of drug-likeness (QED) is 0.355. The molecule has 0 aromatic heterocycles. The Hall–Kier alpha value is -3.20. The summed E-state index contributed by atoms with van der Waals surface area (Å²) in [5.41, 5.74) is 5.52. The topological polar surface area (TPSA) is 88.1 Å². The fraction of sp³-hybridized carbons (Fsp3) is 0.231. The van der Waals surface area contributed by atoms with Gasteiger partial charge >= 0.3 is 0 Å². The number of hydrazone groups is 1. The van der Waals surface area contributed by atoms with E-state index in [0.29, 0.717) is 24.5 Å². The van der Waals surface area contributed by atoms with Crippen molar-refractivity contribution < 1.29 is 17.9 Å². The predicted octanol–water partition coefficient (Wildman–Crippen LogP) is 4.53. The van der Waals surface area contributed by atoms with Crippen LogP contribution in [0.15, 0.2) is 82.8 Å². The van der Waals surface area contributed by atoms with Gasteiger partial charge in [-0.15, -0.1) is 0 Å². The van der Waals surface area contributed by atoms with Crippen LogP contribution >= 0.6 is 11.6 Å². The van der Waals surface area contributed by atoms with E-state index in [0.717, 1.165) is 16.9 Å². The van der Waals surface area contributed by atoms with E-state index in [1.807, 2.05) is 49.4 Å². The minimum absolute atomic E-state index is 0.106. The Balaban J connectivity index is 1.33. The van der Waals surface area contributed by atoms with Crippen LogP contribution < -0.4 is 10.2 Å². The van der Waals surface area contributed by atoms with Crippen molar-refractivity contribution in [3.63, 3.8) is 0 Å². The third kappa shape index (κ3) is 6.28. The maximum Gasteiger partial charge on any atom is 0.258 e. The summed E-state index contributed by atoms with van der Waals surface area (Å²) < 4.78 is 33.0. The van der Waals surface area contributed by atoms with Gasteiger partial charge < -0.3 is 4.74 Å². The maximum atomic E-state index is 13.0. The lowest BCUT2D eigenvalue weighted by Crippen LogP contribution is -2.44. The number of hydrogen-bond acceptors (Lipinski definition) is 5. The number of carbonyl (C=O) groups is 1. The zero-order valence-corrected chi connectivity index (χ0v) is 20.8. The molecule has 0 aliphatic carbocycles. The molecule has 1 aliphatic rings. The van der Waals surface area contributed by atoms with Gasteiger partial charge in [-0.05, 0) is 79.4 Å². The van der Waals surface area contributed by atoms with Gasteiger partial charge in [0.05, 0.1) is 11.1 Å². The van der Waals surface area contributed by atoms with Crippen LogP contribution in [0.3, 0.4) is 0 Å². The molecule has 1 aliphatic heterocycles. The first-order valence-electron chi connectivity index (χ1n) is 11.2. The monoisotopic (exact) mass is 511 g/mol. The third-order valence-electron chi connectivity index (χ3n) is 5.68. The molecular weight excluding hydrogens is 486 g/mol. The number of amides is 1. The molecule has 0 spiro atoms. The molecule has 3 aromatic rings. The smallest absolute Gasteiger partial charge is 0.258 e. The van der Waals surface area contributed by atoms with Crippen LogP contribution in [0, 0.1) is 6.92 Å². The Morgan fingerprint density at radius 2 is 1.89 bits per heavy atom. The van der Waals surface area contributed by atoms with E-state index < -0.39 is 22.0 Å². The lowest BCUT2D eigenvalue weighted by atomic mass is 10.1. The Morgan fingerprint density at radius 1 is 1.14 bits per heavy atom. The highest BCUT2D eigenvalue weighted by Crippen LogP contribution is 2.27. The molecule has 0 saturated carbocycles. The molecule has 0 bridgehead atoms. The molecule has 1 heterocycles. The molecule has 1 atom stereocenters. The van der Waals surface area contributed by atoms with Gasteiger partial charge in [0.25, 0.3) is 5.91 Å². The molecule has 1 N–H and O–H groups in total. The number of halogens is 1. The molecule has 1 amide bonds. The van der Waals surface area contributed by atoms with Crippen LogP contribution in [-0.2, 0) is 21.4 Å². The van der Waals surface area contributed by atoms with Gasteiger partial charge in [0.1, 0.15) is 18.4 Å². The maximum absolute atomic E-state index is 13.0. The Bertz CT molecular complexity index is 1310. The van der Waals surface area contributed by atoms with E-state index in [9.17, 15) is 13.2 Å². The standard InChI is InChI=1S/C26H26ClN3O4S/c1-19-4-2-5-21(16-19)18-34-23-11-7-20(8-12-23)17-28-29-26(31)25-6-3-15-30(25)35(32,33)24-13-9-22(27)10-14-24/h2,4-5,7-14,16-17,25H,3,6,15,18H2,1H3,(H,29,31)/b28-17-/t25-/m1/s1. The van der Waals surface area contributed by atoms with Crippen molar-refractivity contribution in [3.05, 3.63) is 94.5 Å². The predicted molar refractivity (Wildman–Crippen MR) is 136 cm³/mol. The minimum Gasteiger partial charge on any atom is -0.489 e. The van der Waals surface area contributed by atoms with Gasteiger partial charge in [-0.25, -0.2) is 13.8 Å². The summed E-state index contributed by atoms with van der Waals surface area (Å²) in [4.78, 5) is 12.8. The molecule has 0 radical (unpaired) electrons. The SMILES string of the molecule is Cc1cccc(COc2ccc(/C=N\NC(=O)[C@H]3CCCN3S(=O)(=O)c3ccc(Cl)cc3)cc2)c1. The van der Waals surface area contributed by atoms with Crippen LogP contribution in [0.25, 0.3) is 0 Å². The highest BCUT2D eigenvalue weighted by atomic mass is 35.5. The number of nitrogens with one attached hydrogen (secondary N) is 1. The van der Waals surface area contributed by atoms with E-state index in [4.69, 9.17) is 16.3 Å². The van der Waals surface area contributed by atoms with E-state index in [-0.39, 0.29) is 11.4 Å². The average Bonchev–Trinajstić information content (AvgIpc) is 3.35. The fourth-order valence-corrected chi connectivity index (χ4v) is 5.68. The van der Waals surface area contributed by atoms with Crippen LogP contribution in [-0.4, -0.2) is 37.4 Å². The molecule has 182 valence electrons. The lowest BCUT2D eigenvalue weighted by Gasteiger charge is -2.22. The molecule has 1 fully saturated rings. The summed E-state index contributed by atoms with van der Waals surface area (Å²) in [7, 11) is -3.81. The highest BCUT2D eigenvalue weighted by molar-refractivity contribution is 7.89. The number of rotatable bonds is 8. The van der Waals surface area contributed by atoms with Crippen molar-refractivity contribution in [2.45, 2.75) is 37.3 Å². The van der Waals surface area contributed by atoms with Gasteiger partial charge in [0, 0.05) is 11.6 Å². The molecule has 3 aromatic carbocycles. The Labute approximate surface area is 210 Å². The number of nitrogens with zero attached hydrogens (tertiary/aromatic N) is 2. The van der Waals surface area contributed by atoms with Crippen LogP contribution in [0.1, 0.15) is 29.5 Å². The number of hydrogen-bond donors (Lipinski definition) is 1. The summed E-state index contributed by atoms with van der Waals surface area (Å²) in [5, 5.41) is 4.46. The van der Waals surface area contributed by atoms with E-state index >= 15 is 0 Å². The van der Waals surface area contributed by atoms with Crippen molar-refractivity contribution in [3.8, 4) is 5.75 Å². The Kier molecular flexibility index (Phi) is 7.85. The molecule has 35 heavy (non-hydrogen) atoms. The lowest BCUT2D eigenvalue weighted by molar-refractivity contribution is -0.124. The van der Waals surface area contributed by atoms with Crippen LogP contribution in [0.2, 0.25) is 5.02 Å². The first-order chi connectivity index (χ1) is 16.8. The second kappa shape index (κ2) is 11.0. The molecule has 4 rings (SSSR count). The first-order valence-corrected chi connectivity index (χ1v) is 13.0. The summed E-state index contributed by atoms with van der Waals surface area (Å²) in [6.07, 6.45) is 2.54. The summed E-state index contributed by atoms with van der Waals surface area (Å²) in [5.74, 6) is 0.260. The number of carbonyl (C=O) groups excluding carboxylic acids is 1. The van der Waals surface area contributed by atoms with Gasteiger partial charge in [-0.3, -0.25) is 4.79 Å². The summed E-state index contributed by atoms with van der Waals surface area (Å²) in [6.45, 7) is 2.79. The second-order valence-corrected chi connectivity index (χ2v) is 10.6. The van der Waals surface area contributed by atoms with E-state index in [1.165, 1.54) is 40.3 Å². The van der Waals surface area contributed by atoms with Crippen molar-refractivity contribution >= 4 is 33.7 Å². The van der Waals surface area contributed by atoms with E-state index in [1.54, 1.807) is 0 Å². The normalized spacial score (nSPS) is 16.5. The summed E-state index contributed by atoms with van der Waals surface area (Å²) in [6, 6.07) is 20.6. The first kappa shape index (κ1) is 24.9. The molecule has 9 heteroatoms. The van der Waals surface area contributed by atoms with Crippen molar-refractivity contribution in [1.29, 1.82) is 0 Å². The summed E-state index contributed by atoms with van der Waals surface area (Å²) >= 11 is 5.87. The number of sulfonamides is 1.